The Bertz CT molecular complexity index is 345. The first-order valence-electron chi connectivity index (χ1n) is 5.37. The molecule has 0 aliphatic rings. The second-order valence-electron chi connectivity index (χ2n) is 3.29. The summed E-state index contributed by atoms with van der Waals surface area (Å²) in [6, 6.07) is 10.0. The minimum atomic E-state index is -4.20. The molecule has 5 heteroatoms. The predicted octanol–water partition coefficient (Wildman–Crippen LogP) is 3.23. The Balaban J connectivity index is 0.000000302. The van der Waals surface area contributed by atoms with Gasteiger partial charge in [0.15, 0.2) is 0 Å². The van der Waals surface area contributed by atoms with Crippen molar-refractivity contribution in [3.63, 3.8) is 0 Å². The van der Waals surface area contributed by atoms with Gasteiger partial charge in [-0.05, 0) is 12.0 Å². The Morgan fingerprint density at radius 1 is 1.35 bits per heavy atom. The van der Waals surface area contributed by atoms with Crippen LogP contribution in [0.15, 0.2) is 36.9 Å². The van der Waals surface area contributed by atoms with Crippen molar-refractivity contribution in [3.05, 3.63) is 42.5 Å². The standard InChI is InChI=1S/C8H8.C4H11O4P/c1-2-8-6-4-3-5-7-8;1-2-3-4-8-9(5,6)7/h2-7H,1H2;2-4H2,1H3,(H2,5,6,7). The molecule has 0 unspecified atom stereocenters. The molecule has 0 atom stereocenters. The van der Waals surface area contributed by atoms with Crippen LogP contribution in [0.25, 0.3) is 6.08 Å². The molecule has 0 bridgehead atoms. The first kappa shape index (κ1) is 16.1. The molecule has 0 amide bonds. The van der Waals surface area contributed by atoms with Gasteiger partial charge in [0.2, 0.25) is 0 Å². The molecule has 0 heterocycles. The van der Waals surface area contributed by atoms with Gasteiger partial charge in [-0.2, -0.15) is 0 Å². The number of phosphoric ester groups is 1. The third kappa shape index (κ3) is 11.3. The van der Waals surface area contributed by atoms with Gasteiger partial charge in [0.25, 0.3) is 0 Å². The number of rotatable bonds is 5. The van der Waals surface area contributed by atoms with Gasteiger partial charge in [-0.25, -0.2) is 4.57 Å². The largest absolute Gasteiger partial charge is 0.469 e. The topological polar surface area (TPSA) is 66.8 Å². The maximum Gasteiger partial charge on any atom is 0.469 e. The fourth-order valence-corrected chi connectivity index (χ4v) is 1.28. The molecule has 0 saturated carbocycles. The number of benzene rings is 1. The van der Waals surface area contributed by atoms with E-state index in [2.05, 4.69) is 11.1 Å². The highest BCUT2D eigenvalue weighted by Crippen LogP contribution is 2.35. The van der Waals surface area contributed by atoms with Crippen LogP contribution in [0.3, 0.4) is 0 Å². The van der Waals surface area contributed by atoms with Crippen molar-refractivity contribution < 1.29 is 18.9 Å². The van der Waals surface area contributed by atoms with Gasteiger partial charge in [0.05, 0.1) is 6.61 Å². The van der Waals surface area contributed by atoms with Crippen LogP contribution >= 0.6 is 7.82 Å². The third-order valence-electron chi connectivity index (χ3n) is 1.79. The average Bonchev–Trinajstić information content (AvgIpc) is 2.30. The molecule has 1 rings (SSSR count). The van der Waals surface area contributed by atoms with E-state index in [1.54, 1.807) is 0 Å². The monoisotopic (exact) mass is 258 g/mol. The van der Waals surface area contributed by atoms with E-state index in [0.29, 0.717) is 6.42 Å². The molecule has 2 N–H and O–H groups in total. The van der Waals surface area contributed by atoms with E-state index in [1.807, 2.05) is 43.3 Å². The summed E-state index contributed by atoms with van der Waals surface area (Å²) in [7, 11) is -4.20. The molecule has 1 aromatic rings. The lowest BCUT2D eigenvalue weighted by Gasteiger charge is -2.02. The van der Waals surface area contributed by atoms with Crippen molar-refractivity contribution in [1.29, 1.82) is 0 Å². The summed E-state index contributed by atoms with van der Waals surface area (Å²) in [6.45, 7) is 5.69. The van der Waals surface area contributed by atoms with Gasteiger partial charge in [-0.3, -0.25) is 4.52 Å². The number of unbranched alkanes of at least 4 members (excludes halogenated alkanes) is 1. The molecule has 96 valence electrons. The summed E-state index contributed by atoms with van der Waals surface area (Å²) in [6.07, 6.45) is 3.39. The lowest BCUT2D eigenvalue weighted by atomic mass is 10.2. The van der Waals surface area contributed by atoms with E-state index in [-0.39, 0.29) is 6.61 Å². The summed E-state index contributed by atoms with van der Waals surface area (Å²) in [4.78, 5) is 16.3. The van der Waals surface area contributed by atoms with Gasteiger partial charge in [-0.1, -0.05) is 56.3 Å². The molecule has 0 fully saturated rings. The molecule has 4 nitrogen and oxygen atoms in total. The van der Waals surface area contributed by atoms with Gasteiger partial charge in [-0.15, -0.1) is 0 Å². The van der Waals surface area contributed by atoms with Gasteiger partial charge in [0, 0.05) is 0 Å². The number of phosphoric acid groups is 1. The van der Waals surface area contributed by atoms with Crippen molar-refractivity contribution in [3.8, 4) is 0 Å². The zero-order valence-electron chi connectivity index (χ0n) is 9.95. The van der Waals surface area contributed by atoms with E-state index in [9.17, 15) is 4.57 Å². The molecular weight excluding hydrogens is 239 g/mol. The molecular formula is C12H19O4P. The fraction of sp³-hybridized carbons (Fsp3) is 0.333. The molecule has 0 aliphatic heterocycles. The van der Waals surface area contributed by atoms with Gasteiger partial charge < -0.3 is 9.79 Å². The van der Waals surface area contributed by atoms with Gasteiger partial charge in [0.1, 0.15) is 0 Å². The minimum absolute atomic E-state index is 0.140. The molecule has 1 aromatic carbocycles. The van der Waals surface area contributed by atoms with Crippen LogP contribution in [0.1, 0.15) is 25.3 Å². The maximum absolute atomic E-state index is 9.98. The van der Waals surface area contributed by atoms with Crippen LogP contribution in [0.4, 0.5) is 0 Å². The Morgan fingerprint density at radius 2 is 1.94 bits per heavy atom. The van der Waals surface area contributed by atoms with E-state index in [0.717, 1.165) is 6.42 Å². The van der Waals surface area contributed by atoms with Crippen LogP contribution in [0.5, 0.6) is 0 Å². The lowest BCUT2D eigenvalue weighted by Crippen LogP contribution is -1.90. The number of hydrogen-bond donors (Lipinski definition) is 2. The summed E-state index contributed by atoms with van der Waals surface area (Å²) in [5.74, 6) is 0. The van der Waals surface area contributed by atoms with Crippen molar-refractivity contribution in [2.45, 2.75) is 19.8 Å². The predicted molar refractivity (Wildman–Crippen MR) is 69.4 cm³/mol. The Kier molecular flexibility index (Phi) is 8.64. The first-order valence-corrected chi connectivity index (χ1v) is 6.90. The first-order chi connectivity index (χ1) is 7.99. The molecule has 0 radical (unpaired) electrons. The zero-order valence-corrected chi connectivity index (χ0v) is 10.8. The van der Waals surface area contributed by atoms with Crippen molar-refractivity contribution >= 4 is 13.9 Å². The highest BCUT2D eigenvalue weighted by Gasteiger charge is 2.11. The van der Waals surface area contributed by atoms with Crippen LogP contribution in [-0.4, -0.2) is 16.4 Å². The molecule has 0 aromatic heterocycles. The van der Waals surface area contributed by atoms with Gasteiger partial charge >= 0.3 is 7.82 Å². The summed E-state index contributed by atoms with van der Waals surface area (Å²) >= 11 is 0. The van der Waals surface area contributed by atoms with E-state index >= 15 is 0 Å². The highest BCUT2D eigenvalue weighted by molar-refractivity contribution is 7.46. The van der Waals surface area contributed by atoms with Crippen molar-refractivity contribution in [2.24, 2.45) is 0 Å². The Morgan fingerprint density at radius 3 is 2.29 bits per heavy atom. The minimum Gasteiger partial charge on any atom is -0.303 e. The highest BCUT2D eigenvalue weighted by atomic mass is 31.2. The second kappa shape index (κ2) is 9.14. The quantitative estimate of drug-likeness (QED) is 0.628. The van der Waals surface area contributed by atoms with E-state index < -0.39 is 7.82 Å². The second-order valence-corrected chi connectivity index (χ2v) is 4.53. The SMILES string of the molecule is C=Cc1ccccc1.CCCCOP(=O)(O)O. The average molecular weight is 258 g/mol. The normalized spacial score (nSPS) is 10.3. The Labute approximate surface area is 102 Å². The summed E-state index contributed by atoms with van der Waals surface area (Å²) in [5.41, 5.74) is 1.17. The fourth-order valence-electron chi connectivity index (χ4n) is 0.917. The Hall–Kier alpha value is -0.930. The molecule has 0 aliphatic carbocycles. The van der Waals surface area contributed by atoms with Crippen LogP contribution < -0.4 is 0 Å². The smallest absolute Gasteiger partial charge is 0.303 e. The molecule has 17 heavy (non-hydrogen) atoms. The number of hydrogen-bond acceptors (Lipinski definition) is 2. The molecule has 0 spiro atoms. The third-order valence-corrected chi connectivity index (χ3v) is 2.31. The van der Waals surface area contributed by atoms with Crippen molar-refractivity contribution in [1.82, 2.24) is 0 Å². The van der Waals surface area contributed by atoms with Crippen LogP contribution in [-0.2, 0) is 9.09 Å². The summed E-state index contributed by atoms with van der Waals surface area (Å²) < 4.78 is 14.1. The van der Waals surface area contributed by atoms with E-state index in [1.165, 1.54) is 5.56 Å². The van der Waals surface area contributed by atoms with Crippen molar-refractivity contribution in [2.75, 3.05) is 6.61 Å². The lowest BCUT2D eigenvalue weighted by molar-refractivity contribution is 0.194. The zero-order chi connectivity index (χ0) is 13.1. The molecule has 0 saturated heterocycles. The summed E-state index contributed by atoms with van der Waals surface area (Å²) in [5, 5.41) is 0. The van der Waals surface area contributed by atoms with Crippen LogP contribution in [0.2, 0.25) is 0 Å². The maximum atomic E-state index is 9.98. The van der Waals surface area contributed by atoms with E-state index in [4.69, 9.17) is 9.79 Å². The van der Waals surface area contributed by atoms with Crippen LogP contribution in [0, 0.1) is 0 Å².